The van der Waals surface area contributed by atoms with Crippen molar-refractivity contribution in [2.75, 3.05) is 31.1 Å². The topological polar surface area (TPSA) is 101 Å². The van der Waals surface area contributed by atoms with Gasteiger partial charge in [0.25, 0.3) is 11.5 Å². The predicted octanol–water partition coefficient (Wildman–Crippen LogP) is 5.05. The molecule has 13 heteroatoms. The van der Waals surface area contributed by atoms with Crippen molar-refractivity contribution >= 4 is 23.1 Å². The number of piperazine rings is 1. The number of aliphatic hydroxyl groups excluding tert-OH is 1. The first kappa shape index (κ1) is 32.9. The molecule has 3 heterocycles. The van der Waals surface area contributed by atoms with E-state index < -0.39 is 63.8 Å². The summed E-state index contributed by atoms with van der Waals surface area (Å²) in [6.45, 7) is 1.25. The number of nitrogens with zero attached hydrogens (tertiary/aromatic N) is 5. The fourth-order valence-electron chi connectivity index (χ4n) is 5.66. The van der Waals surface area contributed by atoms with E-state index in [1.807, 2.05) is 35.0 Å². The molecule has 1 amide bonds. The summed E-state index contributed by atoms with van der Waals surface area (Å²) < 4.78 is 59.0. The highest BCUT2D eigenvalue weighted by molar-refractivity contribution is 6.41. The third-order valence-corrected chi connectivity index (χ3v) is 8.23. The van der Waals surface area contributed by atoms with Crippen molar-refractivity contribution in [1.82, 2.24) is 19.0 Å². The van der Waals surface area contributed by atoms with Gasteiger partial charge in [-0.15, -0.1) is 0 Å². The first-order chi connectivity index (χ1) is 23.5. The van der Waals surface area contributed by atoms with Gasteiger partial charge in [0.1, 0.15) is 29.0 Å². The van der Waals surface area contributed by atoms with Gasteiger partial charge in [0.15, 0.2) is 0 Å². The lowest BCUT2D eigenvalue weighted by molar-refractivity contribution is -0.142. The molecule has 2 aromatic heterocycles. The Hall–Kier alpha value is -5.98. The molecule has 1 fully saturated rings. The normalized spacial score (nSPS) is 13.5. The van der Waals surface area contributed by atoms with Crippen molar-refractivity contribution in [2.45, 2.75) is 13.0 Å². The van der Waals surface area contributed by atoms with Crippen molar-refractivity contribution in [3.63, 3.8) is 0 Å². The molecule has 49 heavy (non-hydrogen) atoms. The molecule has 3 aromatic carbocycles. The van der Waals surface area contributed by atoms with Gasteiger partial charge in [-0.05, 0) is 53.6 Å². The summed E-state index contributed by atoms with van der Waals surface area (Å²) >= 11 is 0. The van der Waals surface area contributed by atoms with E-state index in [9.17, 15) is 37.1 Å². The minimum Gasteiger partial charge on any atom is -0.507 e. The number of aliphatic hydroxyl groups is 1. The van der Waals surface area contributed by atoms with Crippen LogP contribution in [0.5, 0.6) is 0 Å². The lowest BCUT2D eigenvalue weighted by atomic mass is 10.0. The Kier molecular flexibility index (Phi) is 9.42. The Morgan fingerprint density at radius 1 is 0.816 bits per heavy atom. The maximum atomic E-state index is 14.5. The van der Waals surface area contributed by atoms with E-state index in [2.05, 4.69) is 9.88 Å². The van der Waals surface area contributed by atoms with Crippen LogP contribution in [-0.4, -0.2) is 62.0 Å². The first-order valence-corrected chi connectivity index (χ1v) is 15.2. The van der Waals surface area contributed by atoms with Gasteiger partial charge < -0.3 is 24.0 Å². The molecule has 1 aliphatic heterocycles. The van der Waals surface area contributed by atoms with Crippen molar-refractivity contribution in [3.05, 3.63) is 154 Å². The zero-order valence-electron chi connectivity index (χ0n) is 25.9. The Morgan fingerprint density at radius 3 is 2.10 bits per heavy atom. The third-order valence-electron chi connectivity index (χ3n) is 8.23. The van der Waals surface area contributed by atoms with Crippen LogP contribution in [0.2, 0.25) is 0 Å². The van der Waals surface area contributed by atoms with Crippen molar-refractivity contribution in [1.29, 1.82) is 0 Å². The summed E-state index contributed by atoms with van der Waals surface area (Å²) in [5, 5.41) is 11.0. The maximum absolute atomic E-state index is 14.5. The zero-order valence-corrected chi connectivity index (χ0v) is 25.9. The van der Waals surface area contributed by atoms with Crippen LogP contribution in [0.4, 0.5) is 23.2 Å². The van der Waals surface area contributed by atoms with Gasteiger partial charge in [0.05, 0.1) is 18.4 Å². The minimum atomic E-state index is -1.15. The second-order valence-electron chi connectivity index (χ2n) is 11.5. The number of hydrogen-bond acceptors (Lipinski definition) is 6. The Balaban J connectivity index is 1.20. The highest BCUT2D eigenvalue weighted by atomic mass is 19.1. The molecule has 0 unspecified atom stereocenters. The molecule has 0 radical (unpaired) electrons. The molecule has 6 rings (SSSR count). The number of pyridine rings is 1. The van der Waals surface area contributed by atoms with Gasteiger partial charge in [-0.3, -0.25) is 14.4 Å². The van der Waals surface area contributed by atoms with Crippen LogP contribution in [0.15, 0.2) is 103 Å². The second-order valence-corrected chi connectivity index (χ2v) is 11.5. The van der Waals surface area contributed by atoms with Crippen LogP contribution in [0.25, 0.3) is 11.4 Å². The maximum Gasteiger partial charge on any atom is 0.294 e. The third kappa shape index (κ3) is 7.45. The van der Waals surface area contributed by atoms with Crippen LogP contribution in [0.3, 0.4) is 0 Å². The van der Waals surface area contributed by atoms with Crippen LogP contribution in [-0.2, 0) is 22.6 Å². The minimum absolute atomic E-state index is 0.120. The smallest absolute Gasteiger partial charge is 0.294 e. The molecule has 0 saturated carbocycles. The molecule has 5 aromatic rings. The molecule has 250 valence electrons. The number of rotatable bonds is 9. The summed E-state index contributed by atoms with van der Waals surface area (Å²) in [6.07, 6.45) is 6.71. The van der Waals surface area contributed by atoms with E-state index in [1.165, 1.54) is 35.4 Å². The molecule has 0 bridgehead atoms. The summed E-state index contributed by atoms with van der Waals surface area (Å²) in [7, 11) is 0. The molecule has 9 nitrogen and oxygen atoms in total. The van der Waals surface area contributed by atoms with Gasteiger partial charge in [-0.25, -0.2) is 22.5 Å². The van der Waals surface area contributed by atoms with Crippen LogP contribution in [0.1, 0.15) is 22.3 Å². The molecule has 1 aliphatic rings. The van der Waals surface area contributed by atoms with Crippen LogP contribution < -0.4 is 10.5 Å². The van der Waals surface area contributed by atoms with E-state index in [0.29, 0.717) is 36.9 Å². The monoisotopic (exact) mass is 671 g/mol. The van der Waals surface area contributed by atoms with Gasteiger partial charge in [-0.1, -0.05) is 12.1 Å². The van der Waals surface area contributed by atoms with Crippen LogP contribution in [0, 0.1) is 23.3 Å². The van der Waals surface area contributed by atoms with E-state index in [-0.39, 0.29) is 25.2 Å². The Bertz CT molecular complexity index is 2060. The van der Waals surface area contributed by atoms with Crippen molar-refractivity contribution < 1.29 is 32.3 Å². The van der Waals surface area contributed by atoms with Gasteiger partial charge in [0, 0.05) is 86.3 Å². The molecular formula is C36H29F4N5O4. The van der Waals surface area contributed by atoms with E-state index in [1.54, 1.807) is 12.5 Å². The highest BCUT2D eigenvalue weighted by Gasteiger charge is 2.26. The Labute approximate surface area is 277 Å². The number of aromatic nitrogens is 3. The van der Waals surface area contributed by atoms with E-state index >= 15 is 0 Å². The number of hydrogen-bond donors (Lipinski definition) is 1. The summed E-state index contributed by atoms with van der Waals surface area (Å²) in [4.78, 5) is 47.0. The summed E-state index contributed by atoms with van der Waals surface area (Å²) in [5.74, 6) is -6.68. The number of carbonyl (C=O) groups is 2. The number of imidazole rings is 1. The number of benzene rings is 3. The predicted molar refractivity (Wildman–Crippen MR) is 173 cm³/mol. The van der Waals surface area contributed by atoms with E-state index in [0.717, 1.165) is 22.0 Å². The largest absolute Gasteiger partial charge is 0.507 e. The fourth-order valence-corrected chi connectivity index (χ4v) is 5.66. The number of anilines is 1. The lowest BCUT2D eigenvalue weighted by Crippen LogP contribution is -2.50. The molecule has 1 saturated heterocycles. The number of ketones is 1. The summed E-state index contributed by atoms with van der Waals surface area (Å²) in [5.41, 5.74) is 0.833. The number of halogens is 4. The van der Waals surface area contributed by atoms with Crippen molar-refractivity contribution in [2.24, 2.45) is 0 Å². The highest BCUT2D eigenvalue weighted by Crippen LogP contribution is 2.22. The molecule has 1 N–H and O–H groups in total. The summed E-state index contributed by atoms with van der Waals surface area (Å²) in [6, 6.07) is 15.2. The van der Waals surface area contributed by atoms with Crippen LogP contribution >= 0.6 is 0 Å². The average molecular weight is 672 g/mol. The van der Waals surface area contributed by atoms with Gasteiger partial charge in [-0.2, -0.15) is 0 Å². The molecular weight excluding hydrogens is 642 g/mol. The van der Waals surface area contributed by atoms with Gasteiger partial charge >= 0.3 is 0 Å². The fraction of sp³-hybridized carbons (Fsp3) is 0.167. The number of amides is 1. The number of carbonyl (C=O) groups excluding carboxylic acids is 2. The molecule has 0 spiro atoms. The van der Waals surface area contributed by atoms with Crippen molar-refractivity contribution in [3.8, 4) is 5.69 Å². The standard InChI is InChI=1S/C36H29F4N5O4/c37-25-3-1-23(2-4-25)20-45-21-24(15-29-31(39)17-26(38)18-32(29)40)16-30(35(45)48)33(46)19-34(47)36(49)43-13-11-42(12-14-43)27-5-7-28(8-6-27)44-10-9-41-22-44/h1-10,16-19,21-22,46H,11-15,20H2. The SMILES string of the molecule is O=C(C=C(O)c1cc(Cc2c(F)cc(F)cc2F)cn(Cc2ccc(F)cc2)c1=O)C(=O)N1CCN(c2ccc(-n3ccnc3)cc2)CC1. The quantitative estimate of drug-likeness (QED) is 0.102. The van der Waals surface area contributed by atoms with Gasteiger partial charge in [0.2, 0.25) is 5.78 Å². The first-order valence-electron chi connectivity index (χ1n) is 15.2. The van der Waals surface area contributed by atoms with E-state index in [4.69, 9.17) is 0 Å². The zero-order chi connectivity index (χ0) is 34.7. The molecule has 0 atom stereocenters. The Morgan fingerprint density at radius 2 is 1.47 bits per heavy atom. The molecule has 0 aliphatic carbocycles. The lowest BCUT2D eigenvalue weighted by Gasteiger charge is -2.35. The average Bonchev–Trinajstić information content (AvgIpc) is 3.64. The second kappa shape index (κ2) is 14.0.